The molecule has 0 saturated carbocycles. The summed E-state index contributed by atoms with van der Waals surface area (Å²) in [6.45, 7) is 9.69. The Hall–Kier alpha value is -0.170. The molecular weight excluding hydrogens is 238 g/mol. The summed E-state index contributed by atoms with van der Waals surface area (Å²) in [6.07, 6.45) is 0. The minimum Gasteiger partial charge on any atom is -0.329 e. The van der Waals surface area contributed by atoms with E-state index < -0.39 is 9.84 Å². The molecule has 17 heavy (non-hydrogen) atoms. The van der Waals surface area contributed by atoms with Gasteiger partial charge >= 0.3 is 0 Å². The van der Waals surface area contributed by atoms with Crippen molar-refractivity contribution in [3.05, 3.63) is 0 Å². The van der Waals surface area contributed by atoms with Gasteiger partial charge in [-0.15, -0.1) is 0 Å². The molecule has 0 bridgehead atoms. The second-order valence-electron chi connectivity index (χ2n) is 4.89. The number of rotatable bonds is 6. The lowest BCUT2D eigenvalue weighted by molar-refractivity contribution is 0.141. The third-order valence-corrected chi connectivity index (χ3v) is 5.51. The van der Waals surface area contributed by atoms with E-state index in [0.29, 0.717) is 13.1 Å². The number of sulfone groups is 1. The van der Waals surface area contributed by atoms with E-state index >= 15 is 0 Å². The topological polar surface area (TPSA) is 66.6 Å². The normalized spacial score (nSPS) is 20.0. The number of nitrogens with two attached hydrogens (primary N) is 1. The van der Waals surface area contributed by atoms with Crippen LogP contribution in [0.2, 0.25) is 0 Å². The lowest BCUT2D eigenvalue weighted by Gasteiger charge is -2.34. The van der Waals surface area contributed by atoms with E-state index in [4.69, 9.17) is 5.73 Å². The van der Waals surface area contributed by atoms with Crippen molar-refractivity contribution in [2.45, 2.75) is 19.1 Å². The Labute approximate surface area is 105 Å². The zero-order valence-electron chi connectivity index (χ0n) is 10.9. The molecule has 2 N–H and O–H groups in total. The minimum absolute atomic E-state index is 0.263. The van der Waals surface area contributed by atoms with E-state index in [2.05, 4.69) is 9.80 Å². The van der Waals surface area contributed by atoms with Crippen LogP contribution < -0.4 is 5.73 Å². The predicted molar refractivity (Wildman–Crippen MR) is 70.9 cm³/mol. The standard InChI is InChI=1S/C11H25N3O2S/c1-11(2)17(15,16)10-9-14-7-5-13(4-3-12)6-8-14/h11H,3-10,12H2,1-2H3. The quantitative estimate of drug-likeness (QED) is 0.692. The third kappa shape index (κ3) is 4.91. The maximum absolute atomic E-state index is 11.7. The molecule has 1 saturated heterocycles. The molecule has 0 radical (unpaired) electrons. The van der Waals surface area contributed by atoms with Crippen LogP contribution in [0.3, 0.4) is 0 Å². The number of hydrogen-bond donors (Lipinski definition) is 1. The zero-order chi connectivity index (χ0) is 12.9. The average Bonchev–Trinajstić information content (AvgIpc) is 2.28. The summed E-state index contributed by atoms with van der Waals surface area (Å²) in [7, 11) is -2.90. The first-order chi connectivity index (χ1) is 7.95. The van der Waals surface area contributed by atoms with Crippen molar-refractivity contribution >= 4 is 9.84 Å². The van der Waals surface area contributed by atoms with Crippen molar-refractivity contribution in [1.29, 1.82) is 0 Å². The van der Waals surface area contributed by atoms with Crippen molar-refractivity contribution in [2.24, 2.45) is 5.73 Å². The molecule has 1 aliphatic heterocycles. The van der Waals surface area contributed by atoms with Gasteiger partial charge in [-0.2, -0.15) is 0 Å². The fourth-order valence-electron chi connectivity index (χ4n) is 1.91. The summed E-state index contributed by atoms with van der Waals surface area (Å²) in [6, 6.07) is 0. The summed E-state index contributed by atoms with van der Waals surface area (Å²) in [4.78, 5) is 4.56. The minimum atomic E-state index is -2.90. The monoisotopic (exact) mass is 263 g/mol. The van der Waals surface area contributed by atoms with Gasteiger partial charge in [0.05, 0.1) is 11.0 Å². The van der Waals surface area contributed by atoms with Gasteiger partial charge in [-0.05, 0) is 13.8 Å². The number of nitrogens with zero attached hydrogens (tertiary/aromatic N) is 2. The second-order valence-corrected chi connectivity index (χ2v) is 7.56. The van der Waals surface area contributed by atoms with Crippen LogP contribution in [0.1, 0.15) is 13.8 Å². The Morgan fingerprint density at radius 1 is 1.06 bits per heavy atom. The molecule has 0 aliphatic carbocycles. The molecule has 1 fully saturated rings. The van der Waals surface area contributed by atoms with Crippen molar-refractivity contribution in [2.75, 3.05) is 51.6 Å². The molecule has 0 aromatic heterocycles. The summed E-state index contributed by atoms with van der Waals surface area (Å²) in [5, 5.41) is -0.263. The Morgan fingerprint density at radius 2 is 1.53 bits per heavy atom. The lowest BCUT2D eigenvalue weighted by Crippen LogP contribution is -2.48. The molecule has 0 spiro atoms. The molecule has 1 aliphatic rings. The highest BCUT2D eigenvalue weighted by molar-refractivity contribution is 7.92. The van der Waals surface area contributed by atoms with Gasteiger partial charge in [0.1, 0.15) is 0 Å². The summed E-state index contributed by atoms with van der Waals surface area (Å²) < 4.78 is 23.4. The van der Waals surface area contributed by atoms with Crippen LogP contribution >= 0.6 is 0 Å². The third-order valence-electron chi connectivity index (χ3n) is 3.32. The van der Waals surface area contributed by atoms with Gasteiger partial charge in [0, 0.05) is 45.8 Å². The highest BCUT2D eigenvalue weighted by Gasteiger charge is 2.20. The van der Waals surface area contributed by atoms with Gasteiger partial charge in [0.25, 0.3) is 0 Å². The lowest BCUT2D eigenvalue weighted by atomic mass is 10.3. The summed E-state index contributed by atoms with van der Waals surface area (Å²) in [5.41, 5.74) is 5.51. The van der Waals surface area contributed by atoms with Gasteiger partial charge in [0.15, 0.2) is 9.84 Å². The van der Waals surface area contributed by atoms with E-state index in [9.17, 15) is 8.42 Å². The predicted octanol–water partition coefficient (Wildman–Crippen LogP) is -0.614. The van der Waals surface area contributed by atoms with Gasteiger partial charge in [-0.3, -0.25) is 9.80 Å². The highest BCUT2D eigenvalue weighted by Crippen LogP contribution is 2.05. The van der Waals surface area contributed by atoms with E-state index in [0.717, 1.165) is 32.7 Å². The maximum atomic E-state index is 11.7. The van der Waals surface area contributed by atoms with Gasteiger partial charge in [-0.25, -0.2) is 8.42 Å². The molecule has 1 heterocycles. The summed E-state index contributed by atoms with van der Waals surface area (Å²) >= 11 is 0. The average molecular weight is 263 g/mol. The smallest absolute Gasteiger partial charge is 0.153 e. The number of hydrogen-bond acceptors (Lipinski definition) is 5. The molecule has 1 rings (SSSR count). The molecule has 0 aromatic carbocycles. The van der Waals surface area contributed by atoms with Crippen molar-refractivity contribution in [3.63, 3.8) is 0 Å². The molecule has 0 atom stereocenters. The molecule has 5 nitrogen and oxygen atoms in total. The SMILES string of the molecule is CC(C)S(=O)(=O)CCN1CCN(CCN)CC1. The maximum Gasteiger partial charge on any atom is 0.153 e. The first-order valence-electron chi connectivity index (χ1n) is 6.32. The summed E-state index contributed by atoms with van der Waals surface area (Å²) in [5.74, 6) is 0.279. The van der Waals surface area contributed by atoms with Crippen LogP contribution in [-0.4, -0.2) is 75.0 Å². The van der Waals surface area contributed by atoms with Crippen LogP contribution in [0.15, 0.2) is 0 Å². The largest absolute Gasteiger partial charge is 0.329 e. The fourth-order valence-corrected chi connectivity index (χ4v) is 2.90. The highest BCUT2D eigenvalue weighted by atomic mass is 32.2. The fraction of sp³-hybridized carbons (Fsp3) is 1.00. The van der Waals surface area contributed by atoms with Gasteiger partial charge < -0.3 is 5.73 Å². The molecule has 0 amide bonds. The van der Waals surface area contributed by atoms with Crippen molar-refractivity contribution < 1.29 is 8.42 Å². The van der Waals surface area contributed by atoms with Crippen molar-refractivity contribution in [3.8, 4) is 0 Å². The first-order valence-corrected chi connectivity index (χ1v) is 8.03. The Bertz CT molecular complexity index is 309. The molecule has 102 valence electrons. The zero-order valence-corrected chi connectivity index (χ0v) is 11.7. The van der Waals surface area contributed by atoms with Crippen LogP contribution in [0, 0.1) is 0 Å². The molecule has 6 heteroatoms. The van der Waals surface area contributed by atoms with E-state index in [-0.39, 0.29) is 11.0 Å². The second kappa shape index (κ2) is 6.68. The van der Waals surface area contributed by atoms with Gasteiger partial charge in [-0.1, -0.05) is 0 Å². The van der Waals surface area contributed by atoms with Crippen LogP contribution in [-0.2, 0) is 9.84 Å². The number of piperazine rings is 1. The Balaban J connectivity index is 2.27. The van der Waals surface area contributed by atoms with Crippen LogP contribution in [0.5, 0.6) is 0 Å². The van der Waals surface area contributed by atoms with Crippen molar-refractivity contribution in [1.82, 2.24) is 9.80 Å². The van der Waals surface area contributed by atoms with E-state index in [1.165, 1.54) is 0 Å². The van der Waals surface area contributed by atoms with Gasteiger partial charge in [0.2, 0.25) is 0 Å². The van der Waals surface area contributed by atoms with Crippen LogP contribution in [0.25, 0.3) is 0 Å². The molecular formula is C11H25N3O2S. The van der Waals surface area contributed by atoms with E-state index in [1.807, 2.05) is 0 Å². The molecule has 0 aromatic rings. The van der Waals surface area contributed by atoms with Crippen LogP contribution in [0.4, 0.5) is 0 Å². The Morgan fingerprint density at radius 3 is 1.94 bits per heavy atom. The Kier molecular flexibility index (Phi) is 5.85. The van der Waals surface area contributed by atoms with E-state index in [1.54, 1.807) is 13.8 Å². The first kappa shape index (κ1) is 14.9. The molecule has 0 unspecified atom stereocenters.